The van der Waals surface area contributed by atoms with Crippen LogP contribution in [-0.2, 0) is 9.59 Å². The topological polar surface area (TPSA) is 88.3 Å². The van der Waals surface area contributed by atoms with Gasteiger partial charge in [0.15, 0.2) is 0 Å². The van der Waals surface area contributed by atoms with Gasteiger partial charge in [0.1, 0.15) is 11.9 Å². The Hall–Kier alpha value is -2.15. The lowest BCUT2D eigenvalue weighted by Crippen LogP contribution is -2.45. The number of piperidine rings is 1. The van der Waals surface area contributed by atoms with Gasteiger partial charge in [0.05, 0.1) is 0 Å². The molecule has 1 aliphatic rings. The third-order valence-electron chi connectivity index (χ3n) is 5.04. The largest absolute Gasteiger partial charge is 0.341 e. The molecule has 0 spiro atoms. The Morgan fingerprint density at radius 2 is 1.62 bits per heavy atom. The van der Waals surface area contributed by atoms with E-state index in [9.17, 15) is 9.59 Å². The minimum atomic E-state index is -0.660. The van der Waals surface area contributed by atoms with E-state index in [1.165, 1.54) is 0 Å². The van der Waals surface area contributed by atoms with Gasteiger partial charge < -0.3 is 16.0 Å². The quantitative estimate of drug-likeness (QED) is 0.764. The van der Waals surface area contributed by atoms with E-state index in [1.807, 2.05) is 44.2 Å². The van der Waals surface area contributed by atoms with Crippen LogP contribution >= 0.6 is 24.8 Å². The Kier molecular flexibility index (Phi) is 9.56. The van der Waals surface area contributed by atoms with Crippen LogP contribution in [0, 0.1) is 19.8 Å². The summed E-state index contributed by atoms with van der Waals surface area (Å²) in [6, 6.07) is 10.8. The van der Waals surface area contributed by atoms with Gasteiger partial charge in [0.25, 0.3) is 0 Å². The number of nitrogens with one attached hydrogen (secondary N) is 1. The number of anilines is 1. The van der Waals surface area contributed by atoms with Crippen LogP contribution in [0.25, 0.3) is 0 Å². The van der Waals surface area contributed by atoms with Crippen molar-refractivity contribution < 1.29 is 9.59 Å². The van der Waals surface area contributed by atoms with Crippen molar-refractivity contribution in [2.75, 3.05) is 18.4 Å². The summed E-state index contributed by atoms with van der Waals surface area (Å²) in [5, 5.41) is 2.86. The van der Waals surface area contributed by atoms with Crippen LogP contribution in [0.15, 0.2) is 42.6 Å². The summed E-state index contributed by atoms with van der Waals surface area (Å²) >= 11 is 0. The molecule has 0 bridgehead atoms. The van der Waals surface area contributed by atoms with Crippen LogP contribution in [0.3, 0.4) is 0 Å². The molecule has 6 nitrogen and oxygen atoms in total. The zero-order chi connectivity index (χ0) is 19.4. The zero-order valence-electron chi connectivity index (χ0n) is 16.6. The fourth-order valence-electron chi connectivity index (χ4n) is 3.25. The van der Waals surface area contributed by atoms with Crippen molar-refractivity contribution in [2.45, 2.75) is 32.7 Å². The highest BCUT2D eigenvalue weighted by molar-refractivity contribution is 5.92. The molecule has 2 heterocycles. The molecular formula is C21H28Cl2N4O2. The second-order valence-corrected chi connectivity index (χ2v) is 7.20. The van der Waals surface area contributed by atoms with E-state index < -0.39 is 6.04 Å². The standard InChI is InChI=1S/C21H26N4O2.2ClH/c1-14-3-6-16(7-4-14)19(22)21(27)25-11-9-17(10-12-25)20(26)24-18-8-5-15(2)13-23-18;;/h3-8,13,17,19H,9-12,22H2,1-2H3,(H,23,24,26);2*1H. The molecule has 158 valence electrons. The fourth-order valence-corrected chi connectivity index (χ4v) is 3.25. The fraction of sp³-hybridized carbons (Fsp3) is 0.381. The van der Waals surface area contributed by atoms with E-state index in [2.05, 4.69) is 10.3 Å². The highest BCUT2D eigenvalue weighted by Gasteiger charge is 2.30. The number of hydrogen-bond acceptors (Lipinski definition) is 4. The number of halogens is 2. The number of nitrogens with zero attached hydrogens (tertiary/aromatic N) is 2. The monoisotopic (exact) mass is 438 g/mol. The van der Waals surface area contributed by atoms with Crippen molar-refractivity contribution >= 4 is 42.4 Å². The van der Waals surface area contributed by atoms with Crippen LogP contribution < -0.4 is 11.1 Å². The summed E-state index contributed by atoms with van der Waals surface area (Å²) in [7, 11) is 0. The predicted molar refractivity (Wildman–Crippen MR) is 120 cm³/mol. The lowest BCUT2D eigenvalue weighted by Gasteiger charge is -2.33. The lowest BCUT2D eigenvalue weighted by atomic mass is 9.95. The zero-order valence-corrected chi connectivity index (χ0v) is 18.3. The number of amides is 2. The van der Waals surface area contributed by atoms with Gasteiger partial charge in [0.2, 0.25) is 11.8 Å². The van der Waals surface area contributed by atoms with Crippen molar-refractivity contribution in [2.24, 2.45) is 11.7 Å². The maximum atomic E-state index is 12.7. The number of benzene rings is 1. The smallest absolute Gasteiger partial charge is 0.244 e. The van der Waals surface area contributed by atoms with Crippen molar-refractivity contribution in [3.05, 3.63) is 59.3 Å². The molecule has 1 aliphatic heterocycles. The molecule has 1 aromatic heterocycles. The number of aromatic nitrogens is 1. The van der Waals surface area contributed by atoms with Gasteiger partial charge in [-0.25, -0.2) is 4.98 Å². The summed E-state index contributed by atoms with van der Waals surface area (Å²) in [6.45, 7) is 5.03. The van der Waals surface area contributed by atoms with Crippen LogP contribution in [0.5, 0.6) is 0 Å². The van der Waals surface area contributed by atoms with Crippen LogP contribution in [0.1, 0.15) is 35.6 Å². The first-order valence-electron chi connectivity index (χ1n) is 9.28. The Morgan fingerprint density at radius 3 is 2.17 bits per heavy atom. The first-order valence-corrected chi connectivity index (χ1v) is 9.28. The summed E-state index contributed by atoms with van der Waals surface area (Å²) in [4.78, 5) is 31.1. The third-order valence-corrected chi connectivity index (χ3v) is 5.04. The second kappa shape index (κ2) is 11.1. The van der Waals surface area contributed by atoms with Crippen molar-refractivity contribution in [1.82, 2.24) is 9.88 Å². The summed E-state index contributed by atoms with van der Waals surface area (Å²) < 4.78 is 0. The predicted octanol–water partition coefficient (Wildman–Crippen LogP) is 3.42. The summed E-state index contributed by atoms with van der Waals surface area (Å²) in [5.74, 6) is 0.317. The second-order valence-electron chi connectivity index (χ2n) is 7.20. The maximum Gasteiger partial charge on any atom is 0.244 e. The van der Waals surface area contributed by atoms with E-state index in [0.29, 0.717) is 31.7 Å². The maximum absolute atomic E-state index is 12.7. The van der Waals surface area contributed by atoms with Gasteiger partial charge in [-0.2, -0.15) is 0 Å². The highest BCUT2D eigenvalue weighted by Crippen LogP contribution is 2.22. The van der Waals surface area contributed by atoms with Gasteiger partial charge in [-0.05, 0) is 43.9 Å². The Morgan fingerprint density at radius 1 is 1.03 bits per heavy atom. The summed E-state index contributed by atoms with van der Waals surface area (Å²) in [5.41, 5.74) is 9.14. The van der Waals surface area contributed by atoms with E-state index in [1.54, 1.807) is 17.2 Å². The van der Waals surface area contributed by atoms with Crippen molar-refractivity contribution in [1.29, 1.82) is 0 Å². The number of likely N-dealkylation sites (tertiary alicyclic amines) is 1. The highest BCUT2D eigenvalue weighted by atomic mass is 35.5. The third kappa shape index (κ3) is 6.42. The molecular weight excluding hydrogens is 411 g/mol. The number of carbonyl (C=O) groups is 2. The Balaban J connectivity index is 0.00000210. The van der Waals surface area contributed by atoms with Crippen LogP contribution in [-0.4, -0.2) is 34.8 Å². The van der Waals surface area contributed by atoms with Gasteiger partial charge in [0, 0.05) is 25.2 Å². The first-order chi connectivity index (χ1) is 12.9. The van der Waals surface area contributed by atoms with Crippen LogP contribution in [0.2, 0.25) is 0 Å². The number of nitrogens with two attached hydrogens (primary N) is 1. The minimum absolute atomic E-state index is 0. The molecule has 0 saturated carbocycles. The lowest BCUT2D eigenvalue weighted by molar-refractivity contribution is -0.135. The molecule has 0 radical (unpaired) electrons. The minimum Gasteiger partial charge on any atom is -0.341 e. The normalized spacial score (nSPS) is 14.9. The molecule has 3 N–H and O–H groups in total. The van der Waals surface area contributed by atoms with Crippen LogP contribution in [0.4, 0.5) is 5.82 Å². The number of pyridine rings is 1. The molecule has 8 heteroatoms. The number of aryl methyl sites for hydroxylation is 2. The molecule has 0 aliphatic carbocycles. The molecule has 1 atom stereocenters. The Labute approximate surface area is 184 Å². The molecule has 2 aromatic rings. The molecule has 1 fully saturated rings. The van der Waals surface area contributed by atoms with E-state index >= 15 is 0 Å². The van der Waals surface area contributed by atoms with Gasteiger partial charge in [-0.3, -0.25) is 9.59 Å². The van der Waals surface area contributed by atoms with E-state index in [4.69, 9.17) is 5.73 Å². The molecule has 1 unspecified atom stereocenters. The SMILES string of the molecule is Cc1ccc(C(N)C(=O)N2CCC(C(=O)Nc3ccc(C)cn3)CC2)cc1.Cl.Cl. The average Bonchev–Trinajstić information content (AvgIpc) is 2.69. The average molecular weight is 439 g/mol. The molecule has 2 amide bonds. The van der Waals surface area contributed by atoms with E-state index in [-0.39, 0.29) is 42.5 Å². The molecule has 1 aromatic carbocycles. The van der Waals surface area contributed by atoms with Crippen molar-refractivity contribution in [3.63, 3.8) is 0 Å². The number of rotatable bonds is 4. The van der Waals surface area contributed by atoms with Crippen molar-refractivity contribution in [3.8, 4) is 0 Å². The molecule has 1 saturated heterocycles. The van der Waals surface area contributed by atoms with Gasteiger partial charge in [-0.15, -0.1) is 24.8 Å². The van der Waals surface area contributed by atoms with Gasteiger partial charge >= 0.3 is 0 Å². The number of hydrogen-bond donors (Lipinski definition) is 2. The Bertz CT molecular complexity index is 804. The summed E-state index contributed by atoms with van der Waals surface area (Å²) in [6.07, 6.45) is 2.98. The first kappa shape index (κ1) is 24.9. The van der Waals surface area contributed by atoms with Gasteiger partial charge in [-0.1, -0.05) is 35.9 Å². The molecule has 29 heavy (non-hydrogen) atoms. The number of carbonyl (C=O) groups excluding carboxylic acids is 2. The molecule has 3 rings (SSSR count). The van der Waals surface area contributed by atoms with E-state index in [0.717, 1.165) is 16.7 Å².